The summed E-state index contributed by atoms with van der Waals surface area (Å²) in [5.74, 6) is 0.639. The van der Waals surface area contributed by atoms with Gasteiger partial charge in [0.05, 0.1) is 5.92 Å². The first-order valence-corrected chi connectivity index (χ1v) is 10.3. The van der Waals surface area contributed by atoms with Gasteiger partial charge in [0, 0.05) is 5.92 Å². The number of rotatable bonds is 1. The van der Waals surface area contributed by atoms with Gasteiger partial charge in [-0.3, -0.25) is 4.79 Å². The van der Waals surface area contributed by atoms with Crippen LogP contribution in [0.15, 0.2) is 0 Å². The zero-order valence-corrected chi connectivity index (χ0v) is 15.4. The molecule has 4 rings (SSSR count). The van der Waals surface area contributed by atoms with Crippen LogP contribution in [0.3, 0.4) is 0 Å². The van der Waals surface area contributed by atoms with E-state index in [9.17, 15) is 18.0 Å². The molecule has 0 bridgehead atoms. The predicted molar refractivity (Wildman–Crippen MR) is 90.8 cm³/mol. The molecular weight excluding hydrogens is 325 g/mol. The van der Waals surface area contributed by atoms with Crippen molar-refractivity contribution in [1.29, 1.82) is 0 Å². The van der Waals surface area contributed by atoms with Crippen molar-refractivity contribution in [3.63, 3.8) is 0 Å². The highest BCUT2D eigenvalue weighted by atomic mass is 19.4. The molecule has 1 nitrogen and oxygen atoms in total. The minimum absolute atomic E-state index is 0.0439. The summed E-state index contributed by atoms with van der Waals surface area (Å²) in [5.41, 5.74) is 0.0439. The monoisotopic (exact) mass is 356 g/mol. The summed E-state index contributed by atoms with van der Waals surface area (Å²) in [5, 5.41) is 0. The molecule has 4 fully saturated rings. The van der Waals surface area contributed by atoms with Crippen molar-refractivity contribution in [3.8, 4) is 0 Å². The molecule has 4 aliphatic carbocycles. The predicted octanol–water partition coefficient (Wildman–Crippen LogP) is 6.02. The molecule has 0 aromatic carbocycles. The average Bonchev–Trinajstić information content (AvgIpc) is 2.90. The molecule has 0 aliphatic heterocycles. The molecule has 1 unspecified atom stereocenters. The van der Waals surface area contributed by atoms with Crippen LogP contribution in [-0.2, 0) is 4.79 Å². The van der Waals surface area contributed by atoms with Gasteiger partial charge < -0.3 is 0 Å². The van der Waals surface area contributed by atoms with Crippen molar-refractivity contribution in [2.75, 3.05) is 0 Å². The van der Waals surface area contributed by atoms with Crippen LogP contribution in [0.2, 0.25) is 0 Å². The number of fused-ring (bicyclic) bond motifs is 5. The second-order valence-electron chi connectivity index (χ2n) is 9.71. The first-order chi connectivity index (χ1) is 11.7. The molecule has 142 valence electrons. The number of carbonyl (C=O) groups excluding carboxylic acids is 1. The second-order valence-corrected chi connectivity index (χ2v) is 9.71. The lowest BCUT2D eigenvalue weighted by atomic mass is 9.48. The Morgan fingerprint density at radius 2 is 1.72 bits per heavy atom. The summed E-state index contributed by atoms with van der Waals surface area (Å²) < 4.78 is 41.2. The second kappa shape index (κ2) is 5.99. The highest BCUT2D eigenvalue weighted by molar-refractivity contribution is 5.79. The van der Waals surface area contributed by atoms with Crippen LogP contribution in [0.4, 0.5) is 13.2 Å². The fraction of sp³-hybridized carbons (Fsp3) is 0.952. The lowest BCUT2D eigenvalue weighted by Crippen LogP contribution is -2.52. The summed E-state index contributed by atoms with van der Waals surface area (Å²) in [4.78, 5) is 12.1. The molecule has 0 N–H and O–H groups in total. The molecule has 0 aromatic heterocycles. The van der Waals surface area contributed by atoms with Crippen molar-refractivity contribution < 1.29 is 18.0 Å². The van der Waals surface area contributed by atoms with Gasteiger partial charge in [0.2, 0.25) is 0 Å². The molecule has 8 atom stereocenters. The largest absolute Gasteiger partial charge is 0.392 e. The fourth-order valence-electron chi connectivity index (χ4n) is 7.96. The van der Waals surface area contributed by atoms with E-state index in [0.29, 0.717) is 24.0 Å². The Hall–Kier alpha value is -0.540. The third-order valence-corrected chi connectivity index (χ3v) is 8.87. The Morgan fingerprint density at radius 1 is 0.960 bits per heavy atom. The quantitative estimate of drug-likeness (QED) is 0.561. The summed E-state index contributed by atoms with van der Waals surface area (Å²) >= 11 is 0. The van der Waals surface area contributed by atoms with Crippen LogP contribution in [0.1, 0.15) is 71.6 Å². The topological polar surface area (TPSA) is 17.1 Å². The van der Waals surface area contributed by atoms with E-state index in [1.165, 1.54) is 0 Å². The highest BCUT2D eigenvalue weighted by Crippen LogP contribution is 2.65. The van der Waals surface area contributed by atoms with Gasteiger partial charge in [-0.15, -0.1) is 0 Å². The average molecular weight is 356 g/mol. The van der Waals surface area contributed by atoms with Crippen molar-refractivity contribution in [2.24, 2.45) is 46.8 Å². The number of carbonyl (C=O) groups is 1. The highest BCUT2D eigenvalue weighted by Gasteiger charge is 2.61. The third-order valence-electron chi connectivity index (χ3n) is 8.87. The minimum Gasteiger partial charge on any atom is -0.300 e. The van der Waals surface area contributed by atoms with E-state index in [-0.39, 0.29) is 29.1 Å². The van der Waals surface area contributed by atoms with Crippen molar-refractivity contribution >= 4 is 5.78 Å². The number of alkyl halides is 3. The molecule has 0 spiro atoms. The summed E-state index contributed by atoms with van der Waals surface area (Å²) in [6.45, 7) is 3.98. The Bertz CT molecular complexity index is 542. The first-order valence-electron chi connectivity index (χ1n) is 10.3. The molecule has 0 amide bonds. The molecule has 0 aromatic rings. The van der Waals surface area contributed by atoms with Crippen LogP contribution < -0.4 is 0 Å². The van der Waals surface area contributed by atoms with E-state index in [0.717, 1.165) is 51.4 Å². The SMILES string of the molecule is CC(=O)[C@H]1CC[C@H]2[C@@H]3CC[C@@H]4CCCC(C(F)(F)F)[C@@H]4[C@H]3CC[C@]12C. The van der Waals surface area contributed by atoms with Gasteiger partial charge in [0.1, 0.15) is 5.78 Å². The Kier molecular flexibility index (Phi) is 4.28. The van der Waals surface area contributed by atoms with E-state index in [4.69, 9.17) is 0 Å². The molecule has 4 aliphatic rings. The molecular formula is C21H31F3O. The van der Waals surface area contributed by atoms with Crippen LogP contribution in [0, 0.1) is 46.8 Å². The smallest absolute Gasteiger partial charge is 0.300 e. The van der Waals surface area contributed by atoms with Crippen molar-refractivity contribution in [2.45, 2.75) is 77.8 Å². The molecule has 4 heteroatoms. The van der Waals surface area contributed by atoms with Crippen molar-refractivity contribution in [1.82, 2.24) is 0 Å². The maximum absolute atomic E-state index is 13.7. The summed E-state index contributed by atoms with van der Waals surface area (Å²) in [7, 11) is 0. The summed E-state index contributed by atoms with van der Waals surface area (Å²) in [6, 6.07) is 0. The first kappa shape index (κ1) is 17.9. The van der Waals surface area contributed by atoms with Gasteiger partial charge in [-0.1, -0.05) is 19.8 Å². The summed E-state index contributed by atoms with van der Waals surface area (Å²) in [6.07, 6.45) is 4.00. The van der Waals surface area contributed by atoms with Crippen LogP contribution in [0.25, 0.3) is 0 Å². The Morgan fingerprint density at radius 3 is 2.40 bits per heavy atom. The number of hydrogen-bond acceptors (Lipinski definition) is 1. The number of halogens is 3. The van der Waals surface area contributed by atoms with Crippen LogP contribution >= 0.6 is 0 Å². The van der Waals surface area contributed by atoms with E-state index in [1.807, 2.05) is 0 Å². The standard InChI is InChI=1S/C21H31F3O/c1-12(25)16-8-9-17-14-7-6-13-4-3-5-18(21(22,23)24)19(13)15(14)10-11-20(16,17)2/h13-19H,3-11H2,1-2H3/t13-,14+,15-,16+,17-,18?,19-,20+/m0/s1. The molecule has 4 saturated carbocycles. The zero-order valence-electron chi connectivity index (χ0n) is 15.4. The van der Waals surface area contributed by atoms with Crippen molar-refractivity contribution in [3.05, 3.63) is 0 Å². The normalized spacial score (nSPS) is 49.9. The van der Waals surface area contributed by atoms with Crippen LogP contribution in [0.5, 0.6) is 0 Å². The number of Topliss-reactive ketones (excluding diaryl/α,β-unsaturated/α-hetero) is 1. The van der Waals surface area contributed by atoms with E-state index >= 15 is 0 Å². The fourth-order valence-corrected chi connectivity index (χ4v) is 7.96. The molecule has 0 radical (unpaired) electrons. The van der Waals surface area contributed by atoms with Gasteiger partial charge in [0.25, 0.3) is 0 Å². The molecule has 0 heterocycles. The molecule has 0 saturated heterocycles. The van der Waals surface area contributed by atoms with Crippen LogP contribution in [-0.4, -0.2) is 12.0 Å². The maximum atomic E-state index is 13.7. The van der Waals surface area contributed by atoms with Gasteiger partial charge in [-0.2, -0.15) is 13.2 Å². The number of ketones is 1. The van der Waals surface area contributed by atoms with Gasteiger partial charge in [-0.05, 0) is 86.9 Å². The van der Waals surface area contributed by atoms with E-state index in [2.05, 4.69) is 6.92 Å². The van der Waals surface area contributed by atoms with Gasteiger partial charge in [0.15, 0.2) is 0 Å². The van der Waals surface area contributed by atoms with Gasteiger partial charge in [-0.25, -0.2) is 0 Å². The minimum atomic E-state index is -4.04. The number of hydrogen-bond donors (Lipinski definition) is 0. The lowest BCUT2D eigenvalue weighted by Gasteiger charge is -2.57. The van der Waals surface area contributed by atoms with E-state index in [1.54, 1.807) is 6.92 Å². The zero-order chi connectivity index (χ0) is 18.0. The Labute approximate surface area is 149 Å². The Balaban J connectivity index is 1.63. The molecule has 25 heavy (non-hydrogen) atoms. The third kappa shape index (κ3) is 2.68. The lowest BCUT2D eigenvalue weighted by molar-refractivity contribution is -0.223. The maximum Gasteiger partial charge on any atom is 0.392 e. The van der Waals surface area contributed by atoms with Gasteiger partial charge >= 0.3 is 6.18 Å². The van der Waals surface area contributed by atoms with E-state index < -0.39 is 12.1 Å².